The maximum Gasteiger partial charge on any atom is 0.0554 e. The summed E-state index contributed by atoms with van der Waals surface area (Å²) in [6.45, 7) is 7.86. The average molecular weight is 449 g/mol. The third kappa shape index (κ3) is 3.02. The van der Waals surface area contributed by atoms with Crippen LogP contribution in [0.2, 0.25) is 0 Å². The fourth-order valence-corrected chi connectivity index (χ4v) is 6.55. The van der Waals surface area contributed by atoms with Crippen LogP contribution in [0.3, 0.4) is 0 Å². The van der Waals surface area contributed by atoms with Gasteiger partial charge >= 0.3 is 0 Å². The Kier molecular flexibility index (Phi) is 4.60. The molecule has 0 aromatic heterocycles. The molecule has 6 rings (SSSR count). The lowest BCUT2D eigenvalue weighted by Crippen LogP contribution is -2.20. The summed E-state index contributed by atoms with van der Waals surface area (Å²) in [4.78, 5) is 7.37. The normalized spacial score (nSPS) is 14.8. The van der Waals surface area contributed by atoms with Crippen molar-refractivity contribution in [3.63, 3.8) is 0 Å². The minimum absolute atomic E-state index is 0.0137. The molecule has 3 heteroatoms. The SMILES string of the molecule is CCN1c2ccccc2Sc2cc(N(C)c3ccc4c(c3)C(C)(C)c3ccccc3-4)ccc21. The van der Waals surface area contributed by atoms with Crippen molar-refractivity contribution in [1.82, 2.24) is 0 Å². The van der Waals surface area contributed by atoms with Gasteiger partial charge in [0.15, 0.2) is 0 Å². The zero-order valence-corrected chi connectivity index (χ0v) is 20.4. The average Bonchev–Trinajstić information content (AvgIpc) is 3.08. The Morgan fingerprint density at radius 3 is 2.24 bits per heavy atom. The molecule has 2 nitrogen and oxygen atoms in total. The molecule has 0 saturated heterocycles. The van der Waals surface area contributed by atoms with Crippen molar-refractivity contribution in [3.8, 4) is 11.1 Å². The van der Waals surface area contributed by atoms with Crippen molar-refractivity contribution in [2.45, 2.75) is 36.0 Å². The fourth-order valence-electron chi connectivity index (χ4n) is 5.42. The van der Waals surface area contributed by atoms with Crippen molar-refractivity contribution >= 4 is 34.5 Å². The van der Waals surface area contributed by atoms with E-state index in [4.69, 9.17) is 0 Å². The summed E-state index contributed by atoms with van der Waals surface area (Å²) in [6, 6.07) is 31.4. The van der Waals surface area contributed by atoms with Crippen LogP contribution in [0.4, 0.5) is 22.7 Å². The highest BCUT2D eigenvalue weighted by atomic mass is 32.2. The van der Waals surface area contributed by atoms with Gasteiger partial charge in [-0.2, -0.15) is 0 Å². The van der Waals surface area contributed by atoms with E-state index in [2.05, 4.69) is 123 Å². The summed E-state index contributed by atoms with van der Waals surface area (Å²) < 4.78 is 0. The lowest BCUT2D eigenvalue weighted by molar-refractivity contribution is 0.660. The molecule has 1 aliphatic carbocycles. The number of nitrogens with zero attached hydrogens (tertiary/aromatic N) is 2. The van der Waals surface area contributed by atoms with Gasteiger partial charge in [-0.3, -0.25) is 0 Å². The van der Waals surface area contributed by atoms with Crippen molar-refractivity contribution in [2.24, 2.45) is 0 Å². The van der Waals surface area contributed by atoms with E-state index in [-0.39, 0.29) is 5.41 Å². The van der Waals surface area contributed by atoms with Crippen molar-refractivity contribution in [2.75, 3.05) is 23.4 Å². The summed E-state index contributed by atoms with van der Waals surface area (Å²) in [7, 11) is 2.18. The minimum Gasteiger partial charge on any atom is -0.345 e. The van der Waals surface area contributed by atoms with Gasteiger partial charge in [0, 0.05) is 40.2 Å². The zero-order valence-electron chi connectivity index (χ0n) is 19.6. The zero-order chi connectivity index (χ0) is 22.7. The highest BCUT2D eigenvalue weighted by Crippen LogP contribution is 2.51. The Bertz CT molecular complexity index is 1390. The summed E-state index contributed by atoms with van der Waals surface area (Å²) >= 11 is 1.87. The van der Waals surface area contributed by atoms with Gasteiger partial charge in [-0.15, -0.1) is 0 Å². The number of para-hydroxylation sites is 1. The molecule has 0 N–H and O–H groups in total. The second-order valence-corrected chi connectivity index (χ2v) is 10.5. The third-order valence-corrected chi connectivity index (χ3v) is 8.38. The van der Waals surface area contributed by atoms with Crippen LogP contribution in [-0.2, 0) is 5.41 Å². The Morgan fingerprint density at radius 2 is 1.39 bits per heavy atom. The Hall–Kier alpha value is -3.17. The smallest absolute Gasteiger partial charge is 0.0554 e. The van der Waals surface area contributed by atoms with Crippen LogP contribution in [0.25, 0.3) is 11.1 Å². The fraction of sp³-hybridized carbons (Fsp3) is 0.200. The Morgan fingerprint density at radius 1 is 0.727 bits per heavy atom. The van der Waals surface area contributed by atoms with E-state index < -0.39 is 0 Å². The molecular weight excluding hydrogens is 420 g/mol. The van der Waals surface area contributed by atoms with Gasteiger partial charge in [-0.05, 0) is 71.6 Å². The van der Waals surface area contributed by atoms with Crippen molar-refractivity contribution in [3.05, 3.63) is 96.1 Å². The second-order valence-electron chi connectivity index (χ2n) is 9.43. The monoisotopic (exact) mass is 448 g/mol. The highest BCUT2D eigenvalue weighted by molar-refractivity contribution is 7.99. The van der Waals surface area contributed by atoms with Crippen LogP contribution >= 0.6 is 11.8 Å². The van der Waals surface area contributed by atoms with Gasteiger partial charge in [0.05, 0.1) is 11.4 Å². The van der Waals surface area contributed by atoms with Crippen LogP contribution in [-0.4, -0.2) is 13.6 Å². The molecule has 4 aromatic rings. The molecule has 0 atom stereocenters. The quantitative estimate of drug-likeness (QED) is 0.311. The van der Waals surface area contributed by atoms with Gasteiger partial charge in [0.1, 0.15) is 0 Å². The predicted molar refractivity (Wildman–Crippen MR) is 142 cm³/mol. The van der Waals surface area contributed by atoms with Crippen LogP contribution in [0, 0.1) is 0 Å². The van der Waals surface area contributed by atoms with E-state index >= 15 is 0 Å². The van der Waals surface area contributed by atoms with Crippen LogP contribution in [0.15, 0.2) is 94.7 Å². The van der Waals surface area contributed by atoms with E-state index in [1.54, 1.807) is 0 Å². The number of rotatable bonds is 3. The number of hydrogen-bond donors (Lipinski definition) is 0. The summed E-state index contributed by atoms with van der Waals surface area (Å²) in [5.74, 6) is 0. The summed E-state index contributed by atoms with van der Waals surface area (Å²) in [5.41, 5.74) is 10.6. The summed E-state index contributed by atoms with van der Waals surface area (Å²) in [6.07, 6.45) is 0. The van der Waals surface area contributed by atoms with Gasteiger partial charge in [0.2, 0.25) is 0 Å². The first-order valence-corrected chi connectivity index (χ1v) is 12.5. The molecule has 0 bridgehead atoms. The topological polar surface area (TPSA) is 6.48 Å². The minimum atomic E-state index is 0.0137. The van der Waals surface area contributed by atoms with Crippen LogP contribution in [0.5, 0.6) is 0 Å². The van der Waals surface area contributed by atoms with E-state index in [0.29, 0.717) is 0 Å². The largest absolute Gasteiger partial charge is 0.345 e. The second kappa shape index (κ2) is 7.43. The molecule has 0 radical (unpaired) electrons. The maximum absolute atomic E-state index is 2.42. The highest BCUT2D eigenvalue weighted by Gasteiger charge is 2.35. The van der Waals surface area contributed by atoms with Gasteiger partial charge in [0.25, 0.3) is 0 Å². The Labute approximate surface area is 200 Å². The molecule has 2 aliphatic rings. The maximum atomic E-state index is 2.42. The van der Waals surface area contributed by atoms with Crippen molar-refractivity contribution in [1.29, 1.82) is 0 Å². The molecule has 4 aromatic carbocycles. The number of fused-ring (bicyclic) bond motifs is 5. The van der Waals surface area contributed by atoms with Crippen LogP contribution < -0.4 is 9.80 Å². The first-order valence-electron chi connectivity index (χ1n) is 11.7. The lowest BCUT2D eigenvalue weighted by Gasteiger charge is -2.33. The summed E-state index contributed by atoms with van der Waals surface area (Å²) in [5, 5.41) is 0. The Balaban J connectivity index is 1.38. The van der Waals surface area contributed by atoms with Crippen molar-refractivity contribution < 1.29 is 0 Å². The molecule has 0 unspecified atom stereocenters. The molecule has 0 fully saturated rings. The van der Waals surface area contributed by atoms with E-state index in [0.717, 1.165) is 6.54 Å². The van der Waals surface area contributed by atoms with Gasteiger partial charge < -0.3 is 9.80 Å². The molecule has 1 aliphatic heterocycles. The molecule has 1 heterocycles. The first kappa shape index (κ1) is 20.4. The number of hydrogen-bond acceptors (Lipinski definition) is 3. The molecule has 0 saturated carbocycles. The third-order valence-electron chi connectivity index (χ3n) is 7.27. The molecule has 33 heavy (non-hydrogen) atoms. The molecule has 0 spiro atoms. The lowest BCUT2D eigenvalue weighted by atomic mass is 9.82. The first-order chi connectivity index (χ1) is 16.0. The van der Waals surface area contributed by atoms with Crippen LogP contribution in [0.1, 0.15) is 31.9 Å². The van der Waals surface area contributed by atoms with Gasteiger partial charge in [-0.25, -0.2) is 0 Å². The standard InChI is InChI=1S/C30H28N2S/c1-5-32-26-12-8-9-13-28(26)33-29-19-21(15-17-27(29)32)31(4)20-14-16-23-22-10-6-7-11-24(22)30(2,3)25(23)18-20/h6-19H,5H2,1-4H3. The number of benzene rings is 4. The van der Waals surface area contributed by atoms with Gasteiger partial charge in [-0.1, -0.05) is 68.1 Å². The predicted octanol–water partition coefficient (Wildman–Crippen LogP) is 8.38. The van der Waals surface area contributed by atoms with E-state index in [1.165, 1.54) is 54.8 Å². The molecule has 0 amide bonds. The number of anilines is 4. The molecular formula is C30H28N2S. The van der Waals surface area contributed by atoms with E-state index in [1.807, 2.05) is 11.8 Å². The molecule has 164 valence electrons. The van der Waals surface area contributed by atoms with E-state index in [9.17, 15) is 0 Å².